The SMILES string of the molecule is O=Cc1nnc(-c2c(F)cccc2F)o1. The van der Waals surface area contributed by atoms with Crippen LogP contribution in [0, 0.1) is 11.6 Å². The molecule has 1 heterocycles. The number of nitrogens with zero attached hydrogens (tertiary/aromatic N) is 2. The number of hydrogen-bond acceptors (Lipinski definition) is 4. The number of aromatic nitrogens is 2. The normalized spacial score (nSPS) is 10.3. The molecule has 0 atom stereocenters. The van der Waals surface area contributed by atoms with E-state index in [2.05, 4.69) is 10.2 Å². The van der Waals surface area contributed by atoms with E-state index in [-0.39, 0.29) is 11.8 Å². The van der Waals surface area contributed by atoms with Crippen molar-refractivity contribution >= 4 is 6.29 Å². The van der Waals surface area contributed by atoms with Crippen LogP contribution in [0.3, 0.4) is 0 Å². The summed E-state index contributed by atoms with van der Waals surface area (Å²) in [5, 5.41) is 6.63. The van der Waals surface area contributed by atoms with Crippen LogP contribution >= 0.6 is 0 Å². The van der Waals surface area contributed by atoms with Crippen LogP contribution in [-0.2, 0) is 0 Å². The van der Waals surface area contributed by atoms with Gasteiger partial charge in [0.05, 0.1) is 0 Å². The van der Waals surface area contributed by atoms with Crippen molar-refractivity contribution in [1.29, 1.82) is 0 Å². The summed E-state index contributed by atoms with van der Waals surface area (Å²) < 4.78 is 31.1. The number of carbonyl (C=O) groups is 1. The third kappa shape index (κ3) is 1.61. The van der Waals surface area contributed by atoms with Crippen LogP contribution in [0.25, 0.3) is 11.5 Å². The monoisotopic (exact) mass is 210 g/mol. The van der Waals surface area contributed by atoms with Crippen LogP contribution in [0.2, 0.25) is 0 Å². The maximum Gasteiger partial charge on any atom is 0.280 e. The van der Waals surface area contributed by atoms with Crippen molar-refractivity contribution in [3.63, 3.8) is 0 Å². The highest BCUT2D eigenvalue weighted by atomic mass is 19.1. The molecule has 0 aliphatic rings. The van der Waals surface area contributed by atoms with E-state index in [1.807, 2.05) is 0 Å². The van der Waals surface area contributed by atoms with Crippen molar-refractivity contribution < 1.29 is 18.0 Å². The van der Waals surface area contributed by atoms with Crippen LogP contribution < -0.4 is 0 Å². The van der Waals surface area contributed by atoms with Crippen LogP contribution in [-0.4, -0.2) is 16.5 Å². The highest BCUT2D eigenvalue weighted by Crippen LogP contribution is 2.24. The summed E-state index contributed by atoms with van der Waals surface area (Å²) in [4.78, 5) is 10.2. The Morgan fingerprint density at radius 1 is 1.20 bits per heavy atom. The molecule has 0 radical (unpaired) electrons. The largest absolute Gasteiger partial charge is 0.414 e. The first-order chi connectivity index (χ1) is 7.22. The van der Waals surface area contributed by atoms with Crippen molar-refractivity contribution in [2.24, 2.45) is 0 Å². The summed E-state index contributed by atoms with van der Waals surface area (Å²) in [5.41, 5.74) is -0.432. The summed E-state index contributed by atoms with van der Waals surface area (Å²) in [6.07, 6.45) is 0.301. The molecule has 0 saturated carbocycles. The van der Waals surface area contributed by atoms with Crippen LogP contribution in [0.1, 0.15) is 10.7 Å². The zero-order valence-corrected chi connectivity index (χ0v) is 7.28. The van der Waals surface area contributed by atoms with E-state index < -0.39 is 17.2 Å². The topological polar surface area (TPSA) is 56.0 Å². The fourth-order valence-corrected chi connectivity index (χ4v) is 1.09. The Morgan fingerprint density at radius 2 is 1.87 bits per heavy atom. The van der Waals surface area contributed by atoms with E-state index in [0.29, 0.717) is 6.29 Å². The van der Waals surface area contributed by atoms with E-state index in [1.165, 1.54) is 6.07 Å². The number of halogens is 2. The maximum atomic E-state index is 13.2. The average Bonchev–Trinajstić information content (AvgIpc) is 2.66. The molecule has 4 nitrogen and oxygen atoms in total. The lowest BCUT2D eigenvalue weighted by atomic mass is 10.2. The summed E-state index contributed by atoms with van der Waals surface area (Å²) >= 11 is 0. The molecule has 1 aromatic carbocycles. The van der Waals surface area contributed by atoms with Gasteiger partial charge < -0.3 is 4.42 Å². The smallest absolute Gasteiger partial charge is 0.280 e. The van der Waals surface area contributed by atoms with E-state index in [1.54, 1.807) is 0 Å². The van der Waals surface area contributed by atoms with Crippen LogP contribution in [0.5, 0.6) is 0 Å². The zero-order chi connectivity index (χ0) is 10.8. The Morgan fingerprint density at radius 3 is 2.40 bits per heavy atom. The van der Waals surface area contributed by atoms with Gasteiger partial charge in [-0.25, -0.2) is 8.78 Å². The summed E-state index contributed by atoms with van der Waals surface area (Å²) in [6, 6.07) is 3.33. The second kappa shape index (κ2) is 3.56. The number of aldehydes is 1. The summed E-state index contributed by atoms with van der Waals surface area (Å²) in [5.74, 6) is -2.33. The van der Waals surface area contributed by atoms with E-state index in [9.17, 15) is 13.6 Å². The predicted molar refractivity (Wildman–Crippen MR) is 45.0 cm³/mol. The number of hydrogen-bond donors (Lipinski definition) is 0. The summed E-state index contributed by atoms with van der Waals surface area (Å²) in [7, 11) is 0. The maximum absolute atomic E-state index is 13.2. The van der Waals surface area contributed by atoms with Gasteiger partial charge in [0.1, 0.15) is 17.2 Å². The molecule has 2 aromatic rings. The van der Waals surface area contributed by atoms with Gasteiger partial charge in [-0.15, -0.1) is 10.2 Å². The van der Waals surface area contributed by atoms with Crippen molar-refractivity contribution in [2.45, 2.75) is 0 Å². The molecule has 0 bridgehead atoms. The highest BCUT2D eigenvalue weighted by Gasteiger charge is 2.17. The van der Waals surface area contributed by atoms with Gasteiger partial charge in [0.25, 0.3) is 11.8 Å². The minimum absolute atomic E-state index is 0.301. The van der Waals surface area contributed by atoms with Gasteiger partial charge in [-0.1, -0.05) is 6.07 Å². The molecule has 15 heavy (non-hydrogen) atoms. The molecule has 1 aromatic heterocycles. The molecule has 0 N–H and O–H groups in total. The lowest BCUT2D eigenvalue weighted by Crippen LogP contribution is -1.89. The van der Waals surface area contributed by atoms with Crippen molar-refractivity contribution in [3.8, 4) is 11.5 Å². The molecule has 76 valence electrons. The first kappa shape index (κ1) is 9.45. The van der Waals surface area contributed by atoms with Crippen LogP contribution in [0.15, 0.2) is 22.6 Å². The van der Waals surface area contributed by atoms with Gasteiger partial charge in [0, 0.05) is 0 Å². The minimum atomic E-state index is -0.823. The molecule has 0 fully saturated rings. The first-order valence-electron chi connectivity index (χ1n) is 3.95. The molecule has 0 aliphatic carbocycles. The molecular weight excluding hydrogens is 206 g/mol. The molecule has 0 saturated heterocycles. The minimum Gasteiger partial charge on any atom is -0.414 e. The van der Waals surface area contributed by atoms with Crippen molar-refractivity contribution in [2.75, 3.05) is 0 Å². The van der Waals surface area contributed by atoms with Gasteiger partial charge in [-0.2, -0.15) is 0 Å². The number of carbonyl (C=O) groups excluding carboxylic acids is 1. The second-order valence-corrected chi connectivity index (χ2v) is 2.66. The quantitative estimate of drug-likeness (QED) is 0.709. The Balaban J connectivity index is 2.58. The molecule has 0 unspecified atom stereocenters. The fourth-order valence-electron chi connectivity index (χ4n) is 1.09. The number of benzene rings is 1. The standard InChI is InChI=1S/C9H4F2N2O2/c10-5-2-1-3-6(11)8(5)9-13-12-7(4-14)15-9/h1-4H. The highest BCUT2D eigenvalue weighted by molar-refractivity contribution is 5.68. The lowest BCUT2D eigenvalue weighted by Gasteiger charge is -1.97. The zero-order valence-electron chi connectivity index (χ0n) is 7.28. The van der Waals surface area contributed by atoms with E-state index in [0.717, 1.165) is 12.1 Å². The Bertz CT molecular complexity index is 490. The van der Waals surface area contributed by atoms with E-state index >= 15 is 0 Å². The van der Waals surface area contributed by atoms with Gasteiger partial charge >= 0.3 is 0 Å². The third-order valence-electron chi connectivity index (χ3n) is 1.72. The Labute approximate surface area is 82.5 Å². The van der Waals surface area contributed by atoms with Gasteiger partial charge in [-0.05, 0) is 12.1 Å². The molecule has 0 amide bonds. The Hall–Kier alpha value is -2.11. The van der Waals surface area contributed by atoms with E-state index in [4.69, 9.17) is 4.42 Å². The predicted octanol–water partition coefficient (Wildman–Crippen LogP) is 1.83. The molecule has 6 heteroatoms. The Kier molecular flexibility index (Phi) is 2.24. The number of rotatable bonds is 2. The molecule has 0 aliphatic heterocycles. The fraction of sp³-hybridized carbons (Fsp3) is 0. The van der Waals surface area contributed by atoms with Crippen LogP contribution in [0.4, 0.5) is 8.78 Å². The second-order valence-electron chi connectivity index (χ2n) is 2.66. The lowest BCUT2D eigenvalue weighted by molar-refractivity contribution is 0.109. The third-order valence-corrected chi connectivity index (χ3v) is 1.72. The molecular formula is C9H4F2N2O2. The average molecular weight is 210 g/mol. The summed E-state index contributed by atoms with van der Waals surface area (Å²) in [6.45, 7) is 0. The first-order valence-corrected chi connectivity index (χ1v) is 3.95. The van der Waals surface area contributed by atoms with Gasteiger partial charge in [0.15, 0.2) is 0 Å². The molecule has 0 spiro atoms. The van der Waals surface area contributed by atoms with Gasteiger partial charge in [-0.3, -0.25) is 4.79 Å². The van der Waals surface area contributed by atoms with Crippen molar-refractivity contribution in [1.82, 2.24) is 10.2 Å². The molecule has 2 rings (SSSR count). The van der Waals surface area contributed by atoms with Gasteiger partial charge in [0.2, 0.25) is 6.29 Å². The van der Waals surface area contributed by atoms with Crippen molar-refractivity contribution in [3.05, 3.63) is 35.7 Å².